The number of carbonyl (C=O) groups is 4. The fourth-order valence-corrected chi connectivity index (χ4v) is 8.81. The van der Waals surface area contributed by atoms with Gasteiger partial charge >= 0.3 is 10.8 Å². The van der Waals surface area contributed by atoms with Crippen LogP contribution >= 0.6 is 23.1 Å². The monoisotopic (exact) mass is 685 g/mol. The Bertz CT molecular complexity index is 1940. The highest BCUT2D eigenvalue weighted by Crippen LogP contribution is 2.54. The van der Waals surface area contributed by atoms with E-state index in [1.807, 2.05) is 24.3 Å². The van der Waals surface area contributed by atoms with Gasteiger partial charge in [-0.25, -0.2) is 9.69 Å². The Balaban J connectivity index is 1.37. The number of aromatic nitrogens is 1. The van der Waals surface area contributed by atoms with Gasteiger partial charge in [0.2, 0.25) is 17.7 Å². The molecule has 0 spiro atoms. The van der Waals surface area contributed by atoms with E-state index in [2.05, 4.69) is 26.1 Å². The fourth-order valence-electron chi connectivity index (χ4n) is 6.04. The van der Waals surface area contributed by atoms with E-state index in [4.69, 9.17) is 9.47 Å². The lowest BCUT2D eigenvalue weighted by molar-refractivity contribution is -0.122. The van der Waals surface area contributed by atoms with Gasteiger partial charge < -0.3 is 14.8 Å². The maximum absolute atomic E-state index is 14.3. The molecule has 1 N–H and O–H groups in total. The van der Waals surface area contributed by atoms with Crippen LogP contribution in [0.25, 0.3) is 0 Å². The number of nitrogens with zero attached hydrogens (tertiary/aromatic N) is 2. The van der Waals surface area contributed by atoms with Crippen molar-refractivity contribution in [3.63, 3.8) is 0 Å². The molecular formula is C36H35N3O7S2. The lowest BCUT2D eigenvalue weighted by Crippen LogP contribution is -2.33. The molecule has 1 fully saturated rings. The van der Waals surface area contributed by atoms with Gasteiger partial charge in [-0.2, -0.15) is 0 Å². The molecule has 3 aromatic carbocycles. The number of fused-ring (bicyclic) bond motifs is 2. The summed E-state index contributed by atoms with van der Waals surface area (Å²) in [6.07, 6.45) is 0. The second kappa shape index (κ2) is 13.1. The van der Waals surface area contributed by atoms with Gasteiger partial charge in [0.15, 0.2) is 0 Å². The van der Waals surface area contributed by atoms with Gasteiger partial charge in [0.05, 0.1) is 35.9 Å². The van der Waals surface area contributed by atoms with E-state index in [0.717, 1.165) is 34.2 Å². The van der Waals surface area contributed by atoms with Gasteiger partial charge in [-0.05, 0) is 72.0 Å². The number of imide groups is 1. The van der Waals surface area contributed by atoms with Crippen molar-refractivity contribution in [3.8, 4) is 5.75 Å². The normalized spacial score (nSPS) is 18.7. The molecule has 2 aliphatic heterocycles. The van der Waals surface area contributed by atoms with E-state index >= 15 is 0 Å². The van der Waals surface area contributed by atoms with Crippen molar-refractivity contribution in [2.24, 2.45) is 5.92 Å². The first kappa shape index (κ1) is 33.2. The summed E-state index contributed by atoms with van der Waals surface area (Å²) < 4.78 is 11.7. The Kier molecular flexibility index (Phi) is 9.06. The molecule has 3 atom stereocenters. The molecule has 0 unspecified atom stereocenters. The number of ether oxygens (including phenoxy) is 2. The number of carbonyl (C=O) groups excluding carboxylic acids is 4. The smallest absolute Gasteiger partial charge is 0.338 e. The highest BCUT2D eigenvalue weighted by atomic mass is 32.2. The molecule has 4 aromatic rings. The average molecular weight is 686 g/mol. The van der Waals surface area contributed by atoms with E-state index < -0.39 is 34.9 Å². The van der Waals surface area contributed by atoms with Crippen LogP contribution in [0.5, 0.6) is 5.75 Å². The molecule has 248 valence electrons. The van der Waals surface area contributed by atoms with Gasteiger partial charge in [0, 0.05) is 16.5 Å². The molecule has 3 amide bonds. The van der Waals surface area contributed by atoms with E-state index in [1.165, 1.54) is 21.6 Å². The maximum atomic E-state index is 14.3. The van der Waals surface area contributed by atoms with Crippen LogP contribution in [-0.4, -0.2) is 47.2 Å². The van der Waals surface area contributed by atoms with Crippen molar-refractivity contribution in [3.05, 3.63) is 104 Å². The van der Waals surface area contributed by atoms with Gasteiger partial charge in [-0.1, -0.05) is 68.1 Å². The summed E-state index contributed by atoms with van der Waals surface area (Å²) in [6, 6.07) is 21.0. The van der Waals surface area contributed by atoms with Crippen molar-refractivity contribution in [1.82, 2.24) is 4.57 Å². The number of rotatable bonds is 8. The number of thioether (sulfide) groups is 1. The highest BCUT2D eigenvalue weighted by molar-refractivity contribution is 8.00. The minimum Gasteiger partial charge on any atom is -0.497 e. The highest BCUT2D eigenvalue weighted by Gasteiger charge is 2.56. The minimum absolute atomic E-state index is 0.105. The number of benzene rings is 3. The van der Waals surface area contributed by atoms with Crippen LogP contribution in [-0.2, 0) is 31.1 Å². The number of hydrogen-bond acceptors (Lipinski definition) is 9. The first-order valence-electron chi connectivity index (χ1n) is 15.5. The summed E-state index contributed by atoms with van der Waals surface area (Å²) in [5.41, 5.74) is 2.99. The second-order valence-electron chi connectivity index (χ2n) is 12.6. The van der Waals surface area contributed by atoms with E-state index in [-0.39, 0.29) is 29.3 Å². The molecular weight excluding hydrogens is 651 g/mol. The Morgan fingerprint density at radius 3 is 2.17 bits per heavy atom. The number of thiazole rings is 1. The number of hydrogen-bond donors (Lipinski definition) is 1. The molecule has 0 aliphatic carbocycles. The van der Waals surface area contributed by atoms with E-state index in [9.17, 15) is 24.0 Å². The van der Waals surface area contributed by atoms with Crippen LogP contribution < -0.4 is 19.8 Å². The quantitative estimate of drug-likeness (QED) is 0.182. The zero-order valence-electron chi connectivity index (χ0n) is 27.1. The second-order valence-corrected chi connectivity index (χ2v) is 14.7. The maximum Gasteiger partial charge on any atom is 0.338 e. The zero-order valence-corrected chi connectivity index (χ0v) is 28.8. The molecule has 0 radical (unpaired) electrons. The molecule has 0 saturated carbocycles. The van der Waals surface area contributed by atoms with Crippen LogP contribution in [0, 0.1) is 5.92 Å². The summed E-state index contributed by atoms with van der Waals surface area (Å²) in [4.78, 5) is 68.7. The van der Waals surface area contributed by atoms with Crippen molar-refractivity contribution < 1.29 is 28.7 Å². The van der Waals surface area contributed by atoms with Crippen molar-refractivity contribution in [1.29, 1.82) is 0 Å². The molecule has 6 rings (SSSR count). The van der Waals surface area contributed by atoms with Crippen molar-refractivity contribution >= 4 is 58.2 Å². The molecule has 12 heteroatoms. The van der Waals surface area contributed by atoms with E-state index in [0.29, 0.717) is 32.6 Å². The summed E-state index contributed by atoms with van der Waals surface area (Å²) in [7, 11) is 1.55. The lowest BCUT2D eigenvalue weighted by Gasteiger charge is -2.31. The summed E-state index contributed by atoms with van der Waals surface area (Å²) >= 11 is 2.15. The van der Waals surface area contributed by atoms with Gasteiger partial charge in [0.1, 0.15) is 17.5 Å². The number of methoxy groups -OCH3 is 1. The topological polar surface area (TPSA) is 124 Å². The van der Waals surface area contributed by atoms with Gasteiger partial charge in [0.25, 0.3) is 0 Å². The van der Waals surface area contributed by atoms with Gasteiger partial charge in [-0.3, -0.25) is 23.7 Å². The molecule has 2 aliphatic rings. The number of amides is 3. The summed E-state index contributed by atoms with van der Waals surface area (Å²) in [5, 5.41) is 2.48. The van der Waals surface area contributed by atoms with Crippen LogP contribution in [0.3, 0.4) is 0 Å². The Morgan fingerprint density at radius 2 is 1.56 bits per heavy atom. The third kappa shape index (κ3) is 6.17. The minimum atomic E-state index is -0.841. The van der Waals surface area contributed by atoms with Crippen LogP contribution in [0.2, 0.25) is 0 Å². The first-order valence-corrected chi connectivity index (χ1v) is 17.2. The number of esters is 1. The summed E-state index contributed by atoms with van der Waals surface area (Å²) in [6.45, 7) is 8.01. The third-order valence-electron chi connectivity index (χ3n) is 8.50. The Morgan fingerprint density at radius 1 is 0.896 bits per heavy atom. The number of nitrogens with one attached hydrogen (secondary N) is 1. The van der Waals surface area contributed by atoms with Crippen LogP contribution in [0.15, 0.2) is 82.6 Å². The van der Waals surface area contributed by atoms with Crippen LogP contribution in [0.4, 0.5) is 11.4 Å². The predicted octanol–water partition coefficient (Wildman–Crippen LogP) is 5.83. The molecule has 3 heterocycles. The molecule has 10 nitrogen and oxygen atoms in total. The SMILES string of the molecule is CCOC(=O)c1ccc(N2C(=O)[C@H]3[C@H](c4ccc(C(C)(C)C)cc4)c4sc(=O)n(CC(=O)Nc5ccc(OC)cc5)c4S[C@H]3C2=O)cc1. The Hall–Kier alpha value is -4.68. The van der Waals surface area contributed by atoms with Crippen LogP contribution in [0.1, 0.15) is 60.0 Å². The lowest BCUT2D eigenvalue weighted by atomic mass is 9.81. The first-order chi connectivity index (χ1) is 22.9. The predicted molar refractivity (Wildman–Crippen MR) is 185 cm³/mol. The van der Waals surface area contributed by atoms with Gasteiger partial charge in [-0.15, -0.1) is 0 Å². The van der Waals surface area contributed by atoms with Crippen molar-refractivity contribution in [2.75, 3.05) is 23.9 Å². The average Bonchev–Trinajstić information content (AvgIpc) is 3.51. The third-order valence-corrected chi connectivity index (χ3v) is 11.1. The zero-order chi connectivity index (χ0) is 34.3. The Labute approximate surface area is 286 Å². The largest absolute Gasteiger partial charge is 0.497 e. The van der Waals surface area contributed by atoms with Crippen molar-refractivity contribution in [2.45, 2.75) is 55.8 Å². The molecule has 1 aromatic heterocycles. The molecule has 0 bridgehead atoms. The molecule has 48 heavy (non-hydrogen) atoms. The summed E-state index contributed by atoms with van der Waals surface area (Å²) in [5.74, 6) is -2.46. The standard InChI is InChI=1S/C36H35N3O7S2/c1-6-46-34(43)21-9-15-24(16-10-21)39-31(41)28-27(20-7-11-22(12-8-20)36(2,3)4)30-33(47-29(28)32(39)42)38(35(44)48-30)19-26(40)37-23-13-17-25(45-5)18-14-23/h7-18,27-29H,6,19H2,1-5H3,(H,37,40)/t27-,28-,29+/m0/s1. The number of anilines is 2. The fraction of sp³-hybridized carbons (Fsp3) is 0.306. The van der Waals surface area contributed by atoms with E-state index in [1.54, 1.807) is 50.4 Å². The molecule has 1 saturated heterocycles.